The fourth-order valence-corrected chi connectivity index (χ4v) is 1.66. The van der Waals surface area contributed by atoms with Crippen molar-refractivity contribution < 1.29 is 13.5 Å². The Kier molecular flexibility index (Phi) is 5.43. The lowest BCUT2D eigenvalue weighted by Crippen LogP contribution is -2.18. The zero-order chi connectivity index (χ0) is 13.7. The first-order valence-corrected chi connectivity index (χ1v) is 5.88. The van der Waals surface area contributed by atoms with E-state index in [1.807, 2.05) is 6.92 Å². The SMILES string of the molecule is COCC(C)CNc1ccc(C(N)=S)c(F)c1F. The number of nitrogens with one attached hydrogen (secondary N) is 1. The molecule has 3 N–H and O–H groups in total. The van der Waals surface area contributed by atoms with Crippen LogP contribution in [-0.4, -0.2) is 25.2 Å². The van der Waals surface area contributed by atoms with Crippen LogP contribution >= 0.6 is 12.2 Å². The third-order valence-electron chi connectivity index (χ3n) is 2.44. The first kappa shape index (κ1) is 14.8. The second-order valence-corrected chi connectivity index (χ2v) is 4.53. The Balaban J connectivity index is 2.79. The van der Waals surface area contributed by atoms with Crippen LogP contribution in [0.1, 0.15) is 12.5 Å². The van der Waals surface area contributed by atoms with Crippen LogP contribution < -0.4 is 11.1 Å². The Morgan fingerprint density at radius 1 is 1.44 bits per heavy atom. The topological polar surface area (TPSA) is 47.3 Å². The molecule has 0 saturated heterocycles. The number of halogens is 2. The summed E-state index contributed by atoms with van der Waals surface area (Å²) in [7, 11) is 1.59. The van der Waals surface area contributed by atoms with Gasteiger partial charge in [-0.15, -0.1) is 0 Å². The summed E-state index contributed by atoms with van der Waals surface area (Å²) in [6, 6.07) is 2.79. The first-order valence-electron chi connectivity index (χ1n) is 5.48. The lowest BCUT2D eigenvalue weighted by molar-refractivity contribution is 0.164. The molecule has 1 aromatic rings. The normalized spacial score (nSPS) is 12.2. The van der Waals surface area contributed by atoms with E-state index < -0.39 is 11.6 Å². The summed E-state index contributed by atoms with van der Waals surface area (Å²) < 4.78 is 32.2. The Hall–Kier alpha value is -1.27. The minimum Gasteiger partial charge on any atom is -0.389 e. The van der Waals surface area contributed by atoms with Crippen molar-refractivity contribution in [3.8, 4) is 0 Å². The molecule has 0 aliphatic rings. The largest absolute Gasteiger partial charge is 0.389 e. The van der Waals surface area contributed by atoms with Crippen LogP contribution in [0.25, 0.3) is 0 Å². The number of rotatable bonds is 6. The number of methoxy groups -OCH3 is 1. The van der Waals surface area contributed by atoms with Crippen molar-refractivity contribution in [2.45, 2.75) is 6.92 Å². The van der Waals surface area contributed by atoms with Crippen LogP contribution in [0.5, 0.6) is 0 Å². The summed E-state index contributed by atoms with van der Waals surface area (Å²) in [5.74, 6) is -1.80. The number of nitrogens with two attached hydrogens (primary N) is 1. The molecule has 0 heterocycles. The van der Waals surface area contributed by atoms with Crippen molar-refractivity contribution in [3.05, 3.63) is 29.3 Å². The Morgan fingerprint density at radius 3 is 2.67 bits per heavy atom. The van der Waals surface area contributed by atoms with E-state index in [0.717, 1.165) is 0 Å². The third-order valence-corrected chi connectivity index (χ3v) is 2.66. The monoisotopic (exact) mass is 274 g/mol. The fraction of sp³-hybridized carbons (Fsp3) is 0.417. The molecule has 1 aromatic carbocycles. The van der Waals surface area contributed by atoms with Gasteiger partial charge in [-0.25, -0.2) is 8.78 Å². The molecule has 0 radical (unpaired) electrons. The van der Waals surface area contributed by atoms with E-state index in [1.165, 1.54) is 12.1 Å². The van der Waals surface area contributed by atoms with Gasteiger partial charge in [0.05, 0.1) is 12.3 Å². The van der Waals surface area contributed by atoms with E-state index in [0.29, 0.717) is 13.2 Å². The third kappa shape index (κ3) is 3.61. The maximum atomic E-state index is 13.7. The average molecular weight is 274 g/mol. The molecule has 1 atom stereocenters. The highest BCUT2D eigenvalue weighted by atomic mass is 32.1. The van der Waals surface area contributed by atoms with Gasteiger partial charge in [-0.1, -0.05) is 19.1 Å². The second kappa shape index (κ2) is 6.61. The Morgan fingerprint density at radius 2 is 2.11 bits per heavy atom. The number of benzene rings is 1. The first-order chi connectivity index (χ1) is 8.47. The predicted molar refractivity (Wildman–Crippen MR) is 71.8 cm³/mol. The molecule has 0 aromatic heterocycles. The van der Waals surface area contributed by atoms with E-state index in [9.17, 15) is 8.78 Å². The number of hydrogen-bond acceptors (Lipinski definition) is 3. The second-order valence-electron chi connectivity index (χ2n) is 4.09. The summed E-state index contributed by atoms with van der Waals surface area (Å²) in [5, 5.41) is 2.83. The minimum atomic E-state index is -1.02. The standard InChI is InChI=1S/C12H16F2N2OS/c1-7(6-17-2)5-16-9-4-3-8(12(15)18)10(13)11(9)14/h3-4,7,16H,5-6H2,1-2H3,(H2,15,18). The van der Waals surface area contributed by atoms with E-state index in [4.69, 9.17) is 10.5 Å². The van der Waals surface area contributed by atoms with Crippen molar-refractivity contribution in [1.29, 1.82) is 0 Å². The van der Waals surface area contributed by atoms with Gasteiger partial charge in [0.15, 0.2) is 11.6 Å². The highest BCUT2D eigenvalue weighted by Crippen LogP contribution is 2.20. The van der Waals surface area contributed by atoms with Crippen LogP contribution in [0.3, 0.4) is 0 Å². The van der Waals surface area contributed by atoms with Crippen molar-refractivity contribution in [2.75, 3.05) is 25.6 Å². The van der Waals surface area contributed by atoms with Gasteiger partial charge in [0.25, 0.3) is 0 Å². The molecule has 18 heavy (non-hydrogen) atoms. The van der Waals surface area contributed by atoms with Gasteiger partial charge in [-0.3, -0.25) is 0 Å². The fourth-order valence-electron chi connectivity index (χ4n) is 1.50. The van der Waals surface area contributed by atoms with Crippen LogP contribution in [0.4, 0.5) is 14.5 Å². The zero-order valence-electron chi connectivity index (χ0n) is 10.3. The molecule has 0 saturated carbocycles. The molecule has 100 valence electrons. The van der Waals surface area contributed by atoms with Crippen LogP contribution in [0, 0.1) is 17.6 Å². The van der Waals surface area contributed by atoms with Gasteiger partial charge in [0, 0.05) is 19.2 Å². The molecular formula is C12H16F2N2OS. The molecule has 1 unspecified atom stereocenters. The highest BCUT2D eigenvalue weighted by Gasteiger charge is 2.15. The van der Waals surface area contributed by atoms with Crippen LogP contribution in [0.15, 0.2) is 12.1 Å². The molecular weight excluding hydrogens is 258 g/mol. The molecule has 0 bridgehead atoms. The number of hydrogen-bond donors (Lipinski definition) is 2. The van der Waals surface area contributed by atoms with Gasteiger partial charge in [0.1, 0.15) is 4.99 Å². The Bertz CT molecular complexity index is 440. The maximum absolute atomic E-state index is 13.7. The van der Waals surface area contributed by atoms with Gasteiger partial charge in [0.2, 0.25) is 0 Å². The van der Waals surface area contributed by atoms with Crippen molar-refractivity contribution in [1.82, 2.24) is 0 Å². The average Bonchev–Trinajstić information content (AvgIpc) is 2.31. The molecule has 0 fully saturated rings. The Labute approximate surface area is 110 Å². The molecule has 0 spiro atoms. The lowest BCUT2D eigenvalue weighted by atomic mass is 10.1. The number of thiocarbonyl (C=S) groups is 1. The van der Waals surface area contributed by atoms with E-state index >= 15 is 0 Å². The predicted octanol–water partition coefficient (Wildman–Crippen LogP) is 2.29. The molecule has 6 heteroatoms. The van der Waals surface area contributed by atoms with Crippen molar-refractivity contribution >= 4 is 22.9 Å². The van der Waals surface area contributed by atoms with Crippen LogP contribution in [-0.2, 0) is 4.74 Å². The van der Waals surface area contributed by atoms with E-state index in [2.05, 4.69) is 17.5 Å². The number of ether oxygens (including phenoxy) is 1. The smallest absolute Gasteiger partial charge is 0.182 e. The summed E-state index contributed by atoms with van der Waals surface area (Å²) in [6.07, 6.45) is 0. The zero-order valence-corrected chi connectivity index (χ0v) is 11.1. The van der Waals surface area contributed by atoms with Gasteiger partial charge in [-0.2, -0.15) is 0 Å². The van der Waals surface area contributed by atoms with E-state index in [1.54, 1.807) is 7.11 Å². The maximum Gasteiger partial charge on any atom is 0.182 e. The molecule has 0 amide bonds. The molecule has 3 nitrogen and oxygen atoms in total. The molecule has 0 aliphatic carbocycles. The summed E-state index contributed by atoms with van der Waals surface area (Å²) in [4.78, 5) is -0.161. The summed E-state index contributed by atoms with van der Waals surface area (Å²) >= 11 is 4.63. The van der Waals surface area contributed by atoms with E-state index in [-0.39, 0.29) is 22.2 Å². The lowest BCUT2D eigenvalue weighted by Gasteiger charge is -2.14. The van der Waals surface area contributed by atoms with Crippen LogP contribution in [0.2, 0.25) is 0 Å². The van der Waals surface area contributed by atoms with Gasteiger partial charge >= 0.3 is 0 Å². The molecule has 0 aliphatic heterocycles. The quantitative estimate of drug-likeness (QED) is 0.781. The van der Waals surface area contributed by atoms with Gasteiger partial charge in [-0.05, 0) is 18.1 Å². The number of anilines is 1. The minimum absolute atomic E-state index is 0.0852. The highest BCUT2D eigenvalue weighted by molar-refractivity contribution is 7.80. The summed E-state index contributed by atoms with van der Waals surface area (Å²) in [5.41, 5.74) is 5.29. The molecule has 1 rings (SSSR count). The van der Waals surface area contributed by atoms with Gasteiger partial charge < -0.3 is 15.8 Å². The van der Waals surface area contributed by atoms with Crippen molar-refractivity contribution in [2.24, 2.45) is 11.7 Å². The van der Waals surface area contributed by atoms with Crippen molar-refractivity contribution in [3.63, 3.8) is 0 Å². The summed E-state index contributed by atoms with van der Waals surface area (Å²) in [6.45, 7) is 2.97.